The molecule has 2 fully saturated rings. The molecule has 21 heavy (non-hydrogen) atoms. The Bertz CT molecular complexity index is 452. The average Bonchev–Trinajstić information content (AvgIpc) is 2.91. The second-order valence-electron chi connectivity index (χ2n) is 6.51. The summed E-state index contributed by atoms with van der Waals surface area (Å²) in [5.41, 5.74) is 0.891. The van der Waals surface area contributed by atoms with Crippen LogP contribution < -0.4 is 0 Å². The summed E-state index contributed by atoms with van der Waals surface area (Å²) in [7, 11) is 0. The summed E-state index contributed by atoms with van der Waals surface area (Å²) < 4.78 is 17.4. The molecular formula is C16H24O5. The number of hydrogen-bond acceptors (Lipinski definition) is 5. The lowest BCUT2D eigenvalue weighted by molar-refractivity contribution is -0.244. The van der Waals surface area contributed by atoms with E-state index < -0.39 is 5.79 Å². The van der Waals surface area contributed by atoms with Gasteiger partial charge in [-0.25, -0.2) is 0 Å². The first kappa shape index (κ1) is 15.0. The predicted molar refractivity (Wildman–Crippen MR) is 75.4 cm³/mol. The van der Waals surface area contributed by atoms with E-state index in [1.807, 2.05) is 6.08 Å². The molecule has 1 aliphatic heterocycles. The normalized spacial score (nSPS) is 38.0. The fraction of sp³-hybridized carbons (Fsp3) is 0.812. The first-order chi connectivity index (χ1) is 10.0. The van der Waals surface area contributed by atoms with Gasteiger partial charge < -0.3 is 19.3 Å². The number of ether oxygens (including phenoxy) is 3. The molecule has 118 valence electrons. The zero-order valence-electron chi connectivity index (χ0n) is 12.8. The second-order valence-corrected chi connectivity index (χ2v) is 6.51. The molecule has 0 radical (unpaired) electrons. The molecule has 1 saturated carbocycles. The maximum absolute atomic E-state index is 11.2. The number of aliphatic hydroxyl groups excluding tert-OH is 1. The van der Waals surface area contributed by atoms with E-state index in [4.69, 9.17) is 14.2 Å². The Morgan fingerprint density at radius 2 is 2.10 bits per heavy atom. The molecule has 1 spiro atoms. The van der Waals surface area contributed by atoms with Crippen LogP contribution in [-0.2, 0) is 19.0 Å². The molecule has 2 aliphatic carbocycles. The topological polar surface area (TPSA) is 65.0 Å². The van der Waals surface area contributed by atoms with Gasteiger partial charge in [0.15, 0.2) is 5.79 Å². The average molecular weight is 296 g/mol. The van der Waals surface area contributed by atoms with Crippen molar-refractivity contribution < 1.29 is 24.1 Å². The van der Waals surface area contributed by atoms with Gasteiger partial charge in [-0.3, -0.25) is 4.79 Å². The summed E-state index contributed by atoms with van der Waals surface area (Å²) in [6.45, 7) is 4.96. The van der Waals surface area contributed by atoms with Gasteiger partial charge in [0.05, 0.1) is 13.2 Å². The smallest absolute Gasteiger partial charge is 0.303 e. The van der Waals surface area contributed by atoms with Gasteiger partial charge in [0.1, 0.15) is 6.10 Å². The Hall–Kier alpha value is -0.910. The second kappa shape index (κ2) is 5.38. The van der Waals surface area contributed by atoms with E-state index in [1.54, 1.807) is 0 Å². The molecule has 0 aromatic rings. The summed E-state index contributed by atoms with van der Waals surface area (Å²) in [4.78, 5) is 11.2. The van der Waals surface area contributed by atoms with E-state index in [-0.39, 0.29) is 30.0 Å². The Morgan fingerprint density at radius 3 is 2.71 bits per heavy atom. The number of carbonyl (C=O) groups is 1. The lowest BCUT2D eigenvalue weighted by atomic mass is 9.58. The van der Waals surface area contributed by atoms with E-state index in [0.29, 0.717) is 13.2 Å². The molecule has 0 aromatic heterocycles. The predicted octanol–water partition coefficient (Wildman–Crippen LogP) is 1.79. The summed E-state index contributed by atoms with van der Waals surface area (Å²) in [5, 5.41) is 9.71. The maximum Gasteiger partial charge on any atom is 0.303 e. The third-order valence-corrected chi connectivity index (χ3v) is 5.33. The van der Waals surface area contributed by atoms with Crippen molar-refractivity contribution in [3.8, 4) is 0 Å². The largest absolute Gasteiger partial charge is 0.458 e. The Kier molecular flexibility index (Phi) is 3.84. The summed E-state index contributed by atoms with van der Waals surface area (Å²) in [6.07, 6.45) is 5.09. The molecule has 1 N–H and O–H groups in total. The van der Waals surface area contributed by atoms with Crippen molar-refractivity contribution in [1.29, 1.82) is 0 Å². The van der Waals surface area contributed by atoms with Crippen LogP contribution in [0.1, 0.15) is 39.5 Å². The highest BCUT2D eigenvalue weighted by atomic mass is 16.7. The van der Waals surface area contributed by atoms with E-state index in [9.17, 15) is 9.90 Å². The van der Waals surface area contributed by atoms with Gasteiger partial charge in [-0.05, 0) is 25.3 Å². The van der Waals surface area contributed by atoms with Crippen molar-refractivity contribution in [3.63, 3.8) is 0 Å². The fourth-order valence-electron chi connectivity index (χ4n) is 4.25. The molecule has 0 aromatic carbocycles. The molecule has 5 heteroatoms. The minimum Gasteiger partial charge on any atom is -0.458 e. The molecule has 1 heterocycles. The van der Waals surface area contributed by atoms with E-state index >= 15 is 0 Å². The van der Waals surface area contributed by atoms with Crippen LogP contribution in [0, 0.1) is 11.3 Å². The van der Waals surface area contributed by atoms with Gasteiger partial charge in [-0.2, -0.15) is 0 Å². The van der Waals surface area contributed by atoms with E-state index in [1.165, 1.54) is 6.92 Å². The first-order valence-corrected chi connectivity index (χ1v) is 7.79. The van der Waals surface area contributed by atoms with Gasteiger partial charge in [0.2, 0.25) is 0 Å². The van der Waals surface area contributed by atoms with Crippen LogP contribution in [0.4, 0.5) is 0 Å². The summed E-state index contributed by atoms with van der Waals surface area (Å²) in [6, 6.07) is 0. The van der Waals surface area contributed by atoms with Crippen LogP contribution >= 0.6 is 0 Å². The maximum atomic E-state index is 11.2. The Balaban J connectivity index is 1.95. The third-order valence-electron chi connectivity index (χ3n) is 5.33. The van der Waals surface area contributed by atoms with Crippen molar-refractivity contribution in [1.82, 2.24) is 0 Å². The van der Waals surface area contributed by atoms with Gasteiger partial charge >= 0.3 is 5.97 Å². The lowest BCUT2D eigenvalue weighted by Crippen LogP contribution is -2.55. The Labute approximate surface area is 125 Å². The van der Waals surface area contributed by atoms with Crippen LogP contribution in [0.3, 0.4) is 0 Å². The van der Waals surface area contributed by atoms with Crippen molar-refractivity contribution >= 4 is 5.97 Å². The van der Waals surface area contributed by atoms with Gasteiger partial charge in [0.25, 0.3) is 0 Å². The van der Waals surface area contributed by atoms with Crippen LogP contribution in [0.25, 0.3) is 0 Å². The zero-order chi connectivity index (χ0) is 15.1. The molecule has 5 nitrogen and oxygen atoms in total. The first-order valence-electron chi connectivity index (χ1n) is 7.79. The highest BCUT2D eigenvalue weighted by molar-refractivity contribution is 5.66. The highest BCUT2D eigenvalue weighted by Gasteiger charge is 2.59. The van der Waals surface area contributed by atoms with Crippen LogP contribution in [0.15, 0.2) is 11.6 Å². The van der Waals surface area contributed by atoms with Gasteiger partial charge in [0, 0.05) is 31.3 Å². The number of esters is 1. The van der Waals surface area contributed by atoms with Crippen LogP contribution in [-0.4, -0.2) is 42.8 Å². The SMILES string of the molecule is CC(=O)O[C@@H]1C=C2[C@H](CO)CCC3(OCCO3)[C@]2(C)CC1. The number of aliphatic hydroxyl groups is 1. The minimum absolute atomic E-state index is 0.104. The minimum atomic E-state index is -0.564. The molecule has 3 rings (SSSR count). The summed E-state index contributed by atoms with van der Waals surface area (Å²) >= 11 is 0. The molecule has 1 saturated heterocycles. The van der Waals surface area contributed by atoms with Crippen molar-refractivity contribution in [2.45, 2.75) is 51.4 Å². The third kappa shape index (κ3) is 2.31. The summed E-state index contributed by atoms with van der Waals surface area (Å²) in [5.74, 6) is -0.724. The van der Waals surface area contributed by atoms with Gasteiger partial charge in [-0.15, -0.1) is 0 Å². The quantitative estimate of drug-likeness (QED) is 0.621. The Morgan fingerprint density at radius 1 is 1.38 bits per heavy atom. The molecule has 0 unspecified atom stereocenters. The zero-order valence-corrected chi connectivity index (χ0v) is 12.8. The van der Waals surface area contributed by atoms with E-state index in [2.05, 4.69) is 6.92 Å². The number of carbonyl (C=O) groups excluding carboxylic acids is 1. The molecule has 0 amide bonds. The molecular weight excluding hydrogens is 272 g/mol. The fourth-order valence-corrected chi connectivity index (χ4v) is 4.25. The number of hydrogen-bond donors (Lipinski definition) is 1. The number of rotatable bonds is 2. The van der Waals surface area contributed by atoms with E-state index in [0.717, 1.165) is 31.3 Å². The van der Waals surface area contributed by atoms with Crippen molar-refractivity contribution in [2.24, 2.45) is 11.3 Å². The van der Waals surface area contributed by atoms with Crippen molar-refractivity contribution in [3.05, 3.63) is 11.6 Å². The van der Waals surface area contributed by atoms with Gasteiger partial charge in [-0.1, -0.05) is 12.5 Å². The lowest BCUT2D eigenvalue weighted by Gasteiger charge is -2.54. The number of fused-ring (bicyclic) bond motifs is 2. The van der Waals surface area contributed by atoms with Crippen LogP contribution in [0.5, 0.6) is 0 Å². The molecule has 0 bridgehead atoms. The van der Waals surface area contributed by atoms with Crippen molar-refractivity contribution in [2.75, 3.05) is 19.8 Å². The van der Waals surface area contributed by atoms with Crippen LogP contribution in [0.2, 0.25) is 0 Å². The standard InChI is InChI=1S/C16H24O5/c1-11(18)21-13-4-5-15(2)14(9-13)12(10-17)3-6-16(15)19-7-8-20-16/h9,12-13,17H,3-8,10H2,1-2H3/t12-,13-,15+/m0/s1. The highest BCUT2D eigenvalue weighted by Crippen LogP contribution is 2.58. The molecule has 3 aliphatic rings. The monoisotopic (exact) mass is 296 g/mol. The molecule has 3 atom stereocenters.